The fourth-order valence-electron chi connectivity index (χ4n) is 3.26. The molecule has 1 heterocycles. The standard InChI is InChI=1S/C19H15FN2O4/c20-17-8-16-12(10-23)7-19(24)21(13-5-6-13)18(16)9-15(17)11-1-3-14(4-2-11)22(25)26/h1-4,7-9,13,23H,5-6,10H2. The van der Waals surface area contributed by atoms with Gasteiger partial charge >= 0.3 is 0 Å². The summed E-state index contributed by atoms with van der Waals surface area (Å²) in [6.07, 6.45) is 1.77. The lowest BCUT2D eigenvalue weighted by Gasteiger charge is -2.14. The zero-order chi connectivity index (χ0) is 18.4. The number of hydrogen-bond donors (Lipinski definition) is 1. The normalized spacial score (nSPS) is 13.9. The number of aromatic nitrogens is 1. The Hall–Kier alpha value is -3.06. The third kappa shape index (κ3) is 2.66. The number of hydrogen-bond acceptors (Lipinski definition) is 4. The second-order valence-corrected chi connectivity index (χ2v) is 6.42. The number of nitro benzene ring substituents is 1. The second-order valence-electron chi connectivity index (χ2n) is 6.42. The van der Waals surface area contributed by atoms with E-state index in [1.165, 1.54) is 36.4 Å². The minimum absolute atomic E-state index is 0.0765. The highest BCUT2D eigenvalue weighted by atomic mass is 19.1. The summed E-state index contributed by atoms with van der Waals surface area (Å²) in [7, 11) is 0. The number of rotatable bonds is 4. The maximum Gasteiger partial charge on any atom is 0.269 e. The van der Waals surface area contributed by atoms with Crippen molar-refractivity contribution in [3.05, 3.63) is 74.3 Å². The molecule has 0 radical (unpaired) electrons. The van der Waals surface area contributed by atoms with E-state index < -0.39 is 10.7 Å². The van der Waals surface area contributed by atoms with Crippen molar-refractivity contribution < 1.29 is 14.4 Å². The molecule has 1 aromatic heterocycles. The number of nitro groups is 1. The number of aliphatic hydroxyl groups excluding tert-OH is 1. The number of halogens is 1. The van der Waals surface area contributed by atoms with E-state index >= 15 is 0 Å². The maximum atomic E-state index is 14.7. The molecule has 7 heteroatoms. The van der Waals surface area contributed by atoms with Crippen LogP contribution in [0.15, 0.2) is 47.3 Å². The van der Waals surface area contributed by atoms with E-state index in [2.05, 4.69) is 0 Å². The van der Waals surface area contributed by atoms with Crippen molar-refractivity contribution in [2.24, 2.45) is 0 Å². The van der Waals surface area contributed by atoms with Crippen molar-refractivity contribution >= 4 is 16.6 Å². The second kappa shape index (κ2) is 6.03. The molecule has 1 N–H and O–H groups in total. The fourth-order valence-corrected chi connectivity index (χ4v) is 3.26. The van der Waals surface area contributed by atoms with Gasteiger partial charge in [-0.25, -0.2) is 4.39 Å². The summed E-state index contributed by atoms with van der Waals surface area (Å²) in [5.74, 6) is -0.512. The minimum atomic E-state index is -0.515. The van der Waals surface area contributed by atoms with Gasteiger partial charge in [0.05, 0.1) is 17.0 Å². The molecule has 0 atom stereocenters. The molecule has 6 nitrogen and oxygen atoms in total. The van der Waals surface area contributed by atoms with Gasteiger partial charge in [-0.3, -0.25) is 14.9 Å². The Balaban J connectivity index is 1.96. The predicted molar refractivity (Wildman–Crippen MR) is 94.5 cm³/mol. The summed E-state index contributed by atoms with van der Waals surface area (Å²) in [5.41, 5.74) is 1.41. The SMILES string of the molecule is O=c1cc(CO)c2cc(F)c(-c3ccc([N+](=O)[O-])cc3)cc2n1C1CC1. The van der Waals surface area contributed by atoms with Crippen LogP contribution in [0.3, 0.4) is 0 Å². The molecule has 4 rings (SSSR count). The van der Waals surface area contributed by atoms with Gasteiger partial charge in [-0.15, -0.1) is 0 Å². The highest BCUT2D eigenvalue weighted by Crippen LogP contribution is 2.38. The summed E-state index contributed by atoms with van der Waals surface area (Å²) in [4.78, 5) is 22.7. The Morgan fingerprint density at radius 1 is 1.19 bits per heavy atom. The van der Waals surface area contributed by atoms with Crippen LogP contribution in [0.1, 0.15) is 24.4 Å². The smallest absolute Gasteiger partial charge is 0.269 e. The first-order valence-electron chi connectivity index (χ1n) is 8.23. The lowest BCUT2D eigenvalue weighted by atomic mass is 10.00. The highest BCUT2D eigenvalue weighted by molar-refractivity contribution is 5.88. The van der Waals surface area contributed by atoms with Crippen molar-refractivity contribution in [3.8, 4) is 11.1 Å². The van der Waals surface area contributed by atoms with Crippen molar-refractivity contribution in [1.29, 1.82) is 0 Å². The Kier molecular flexibility index (Phi) is 3.81. The largest absolute Gasteiger partial charge is 0.392 e. The Morgan fingerprint density at radius 3 is 2.46 bits per heavy atom. The number of nitrogens with zero attached hydrogens (tertiary/aromatic N) is 2. The van der Waals surface area contributed by atoms with Crippen LogP contribution in [0.2, 0.25) is 0 Å². The molecule has 1 fully saturated rings. The van der Waals surface area contributed by atoms with Crippen molar-refractivity contribution in [2.45, 2.75) is 25.5 Å². The number of benzene rings is 2. The molecule has 26 heavy (non-hydrogen) atoms. The molecule has 0 amide bonds. The van der Waals surface area contributed by atoms with Crippen molar-refractivity contribution in [1.82, 2.24) is 4.57 Å². The molecule has 0 saturated heterocycles. The van der Waals surface area contributed by atoms with Crippen molar-refractivity contribution in [3.63, 3.8) is 0 Å². The molecular weight excluding hydrogens is 339 g/mol. The number of non-ortho nitro benzene ring substituents is 1. The summed E-state index contributed by atoms with van der Waals surface area (Å²) in [6, 6.07) is 9.95. The fraction of sp³-hybridized carbons (Fsp3) is 0.211. The molecule has 1 saturated carbocycles. The van der Waals surface area contributed by atoms with Crippen LogP contribution >= 0.6 is 0 Å². The van der Waals surface area contributed by atoms with Gasteiger partial charge in [0, 0.05) is 35.2 Å². The molecule has 0 spiro atoms. The van der Waals surface area contributed by atoms with Crippen molar-refractivity contribution in [2.75, 3.05) is 0 Å². The lowest BCUT2D eigenvalue weighted by Crippen LogP contribution is -2.20. The predicted octanol–water partition coefficient (Wildman–Crippen LogP) is 3.54. The Labute approximate surface area is 147 Å². The van der Waals surface area contributed by atoms with Gasteiger partial charge < -0.3 is 9.67 Å². The van der Waals surface area contributed by atoms with Crippen LogP contribution in [-0.4, -0.2) is 14.6 Å². The molecule has 0 bridgehead atoms. The van der Waals surface area contributed by atoms with Gasteiger partial charge in [-0.05, 0) is 48.2 Å². The minimum Gasteiger partial charge on any atom is -0.392 e. The van der Waals surface area contributed by atoms with Gasteiger partial charge in [-0.2, -0.15) is 0 Å². The van der Waals surface area contributed by atoms with Gasteiger partial charge in [0.1, 0.15) is 5.82 Å². The van der Waals surface area contributed by atoms with E-state index in [1.807, 2.05) is 0 Å². The molecule has 1 aliphatic rings. The Morgan fingerprint density at radius 2 is 1.88 bits per heavy atom. The number of fused-ring (bicyclic) bond motifs is 1. The molecule has 0 aliphatic heterocycles. The molecule has 2 aromatic carbocycles. The lowest BCUT2D eigenvalue weighted by molar-refractivity contribution is -0.384. The van der Waals surface area contributed by atoms with Gasteiger partial charge in [0.15, 0.2) is 0 Å². The van der Waals surface area contributed by atoms with E-state index in [0.29, 0.717) is 22.0 Å². The van der Waals surface area contributed by atoms with Crippen LogP contribution in [-0.2, 0) is 6.61 Å². The third-order valence-corrected chi connectivity index (χ3v) is 4.70. The first-order chi connectivity index (χ1) is 12.5. The number of pyridine rings is 1. The molecule has 0 unspecified atom stereocenters. The summed E-state index contributed by atoms with van der Waals surface area (Å²) >= 11 is 0. The van der Waals surface area contributed by atoms with Crippen LogP contribution in [0.4, 0.5) is 10.1 Å². The Bertz CT molecular complexity index is 1090. The van der Waals surface area contributed by atoms with Gasteiger partial charge in [0.2, 0.25) is 0 Å². The van der Waals surface area contributed by atoms with Gasteiger partial charge in [-0.1, -0.05) is 0 Å². The van der Waals surface area contributed by atoms with E-state index in [9.17, 15) is 24.4 Å². The number of aliphatic hydroxyl groups is 1. The summed E-state index contributed by atoms with van der Waals surface area (Å²) in [5, 5.41) is 20.8. The van der Waals surface area contributed by atoms with Crippen LogP contribution in [0.5, 0.6) is 0 Å². The average Bonchev–Trinajstić information content (AvgIpc) is 3.45. The molecule has 3 aromatic rings. The zero-order valence-corrected chi connectivity index (χ0v) is 13.7. The quantitative estimate of drug-likeness (QED) is 0.573. The first kappa shape index (κ1) is 16.4. The molecular formula is C19H15FN2O4. The van der Waals surface area contributed by atoms with Crippen LogP contribution in [0, 0.1) is 15.9 Å². The van der Waals surface area contributed by atoms with E-state index in [-0.39, 0.29) is 29.5 Å². The first-order valence-corrected chi connectivity index (χ1v) is 8.23. The molecule has 132 valence electrons. The van der Waals surface area contributed by atoms with E-state index in [1.54, 1.807) is 10.6 Å². The highest BCUT2D eigenvalue weighted by Gasteiger charge is 2.27. The maximum absolute atomic E-state index is 14.7. The topological polar surface area (TPSA) is 85.4 Å². The van der Waals surface area contributed by atoms with Crippen LogP contribution in [0.25, 0.3) is 22.0 Å². The monoisotopic (exact) mass is 354 g/mol. The third-order valence-electron chi connectivity index (χ3n) is 4.70. The van der Waals surface area contributed by atoms with E-state index in [0.717, 1.165) is 12.8 Å². The van der Waals surface area contributed by atoms with Gasteiger partial charge in [0.25, 0.3) is 11.2 Å². The zero-order valence-electron chi connectivity index (χ0n) is 13.7. The average molecular weight is 354 g/mol. The molecule has 1 aliphatic carbocycles. The van der Waals surface area contributed by atoms with Crippen LogP contribution < -0.4 is 5.56 Å². The van der Waals surface area contributed by atoms with E-state index in [4.69, 9.17) is 0 Å². The summed E-state index contributed by atoms with van der Waals surface area (Å²) < 4.78 is 16.4. The summed E-state index contributed by atoms with van der Waals surface area (Å²) in [6.45, 7) is -0.354.